The largest absolute Gasteiger partial charge is 0.352 e. The molecule has 0 aliphatic carbocycles. The molecule has 0 aliphatic rings. The standard InChI is InChI=1S/C11H13NO/c1-2-11(12-9-13)8-10-6-4-3-5-7-10/h2-7,9,11H,1,8H2,(H,12,13). The number of nitrogens with one attached hydrogen (secondary N) is 1. The summed E-state index contributed by atoms with van der Waals surface area (Å²) in [7, 11) is 0. The fourth-order valence-corrected chi connectivity index (χ4v) is 1.17. The molecule has 1 aromatic carbocycles. The van der Waals surface area contributed by atoms with Gasteiger partial charge in [-0.25, -0.2) is 0 Å². The molecule has 2 heteroatoms. The molecule has 0 fully saturated rings. The van der Waals surface area contributed by atoms with E-state index in [4.69, 9.17) is 0 Å². The van der Waals surface area contributed by atoms with E-state index in [1.165, 1.54) is 5.56 Å². The monoisotopic (exact) mass is 175 g/mol. The van der Waals surface area contributed by atoms with Crippen LogP contribution in [0.4, 0.5) is 0 Å². The fraction of sp³-hybridized carbons (Fsp3) is 0.182. The smallest absolute Gasteiger partial charge is 0.207 e. The van der Waals surface area contributed by atoms with Crippen molar-refractivity contribution in [2.24, 2.45) is 0 Å². The molecule has 1 amide bonds. The van der Waals surface area contributed by atoms with Crippen molar-refractivity contribution in [3.05, 3.63) is 48.6 Å². The second-order valence-corrected chi connectivity index (χ2v) is 2.82. The minimum Gasteiger partial charge on any atom is -0.352 e. The second-order valence-electron chi connectivity index (χ2n) is 2.82. The average molecular weight is 175 g/mol. The molecule has 0 spiro atoms. The zero-order valence-electron chi connectivity index (χ0n) is 7.44. The summed E-state index contributed by atoms with van der Waals surface area (Å²) < 4.78 is 0. The average Bonchev–Trinajstić information content (AvgIpc) is 2.19. The van der Waals surface area contributed by atoms with Crippen LogP contribution in [0.2, 0.25) is 0 Å². The van der Waals surface area contributed by atoms with Crippen LogP contribution in [-0.4, -0.2) is 12.5 Å². The van der Waals surface area contributed by atoms with Crippen molar-refractivity contribution in [1.29, 1.82) is 0 Å². The maximum atomic E-state index is 10.2. The van der Waals surface area contributed by atoms with Crippen LogP contribution in [0.25, 0.3) is 0 Å². The highest BCUT2D eigenvalue weighted by Crippen LogP contribution is 2.02. The summed E-state index contributed by atoms with van der Waals surface area (Å²) in [5.41, 5.74) is 1.20. The first kappa shape index (κ1) is 9.52. The highest BCUT2D eigenvalue weighted by atomic mass is 16.1. The molecule has 0 saturated heterocycles. The lowest BCUT2D eigenvalue weighted by Gasteiger charge is -2.10. The van der Waals surface area contributed by atoms with Crippen molar-refractivity contribution >= 4 is 6.41 Å². The first-order valence-corrected chi connectivity index (χ1v) is 4.23. The molecule has 0 saturated carbocycles. The van der Waals surface area contributed by atoms with Crippen LogP contribution >= 0.6 is 0 Å². The number of amides is 1. The van der Waals surface area contributed by atoms with Gasteiger partial charge in [-0.15, -0.1) is 6.58 Å². The molecular weight excluding hydrogens is 162 g/mol. The van der Waals surface area contributed by atoms with Crippen LogP contribution in [0.15, 0.2) is 43.0 Å². The van der Waals surface area contributed by atoms with E-state index in [1.54, 1.807) is 6.08 Å². The molecular formula is C11H13NO. The molecule has 1 atom stereocenters. The first-order chi connectivity index (χ1) is 6.36. The van der Waals surface area contributed by atoms with E-state index in [-0.39, 0.29) is 6.04 Å². The lowest BCUT2D eigenvalue weighted by Crippen LogP contribution is -2.27. The molecule has 68 valence electrons. The van der Waals surface area contributed by atoms with Crippen molar-refractivity contribution in [2.45, 2.75) is 12.5 Å². The summed E-state index contributed by atoms with van der Waals surface area (Å²) in [6.45, 7) is 3.65. The number of carbonyl (C=O) groups excluding carboxylic acids is 1. The molecule has 0 bridgehead atoms. The third-order valence-electron chi connectivity index (χ3n) is 1.87. The van der Waals surface area contributed by atoms with Crippen LogP contribution in [0.1, 0.15) is 5.56 Å². The SMILES string of the molecule is C=CC(Cc1ccccc1)NC=O. The molecule has 2 nitrogen and oxygen atoms in total. The lowest BCUT2D eigenvalue weighted by atomic mass is 10.1. The highest BCUT2D eigenvalue weighted by Gasteiger charge is 2.02. The molecule has 13 heavy (non-hydrogen) atoms. The summed E-state index contributed by atoms with van der Waals surface area (Å²) in [5.74, 6) is 0. The first-order valence-electron chi connectivity index (χ1n) is 4.23. The molecule has 0 heterocycles. The van der Waals surface area contributed by atoms with Gasteiger partial charge in [0.2, 0.25) is 6.41 Å². The van der Waals surface area contributed by atoms with E-state index in [9.17, 15) is 4.79 Å². The van der Waals surface area contributed by atoms with Gasteiger partial charge in [-0.2, -0.15) is 0 Å². The summed E-state index contributed by atoms with van der Waals surface area (Å²) in [4.78, 5) is 10.2. The Morgan fingerprint density at radius 1 is 1.38 bits per heavy atom. The lowest BCUT2D eigenvalue weighted by molar-refractivity contribution is -0.109. The quantitative estimate of drug-likeness (QED) is 0.533. The molecule has 0 radical (unpaired) electrons. The predicted molar refractivity (Wildman–Crippen MR) is 53.3 cm³/mol. The minimum absolute atomic E-state index is 0.0277. The van der Waals surface area contributed by atoms with Crippen molar-refractivity contribution in [3.8, 4) is 0 Å². The summed E-state index contributed by atoms with van der Waals surface area (Å²) in [6.07, 6.45) is 3.24. The van der Waals surface area contributed by atoms with Crippen molar-refractivity contribution in [1.82, 2.24) is 5.32 Å². The van der Waals surface area contributed by atoms with Gasteiger partial charge in [-0.3, -0.25) is 4.79 Å². The molecule has 1 aromatic rings. The maximum Gasteiger partial charge on any atom is 0.207 e. The van der Waals surface area contributed by atoms with Gasteiger partial charge in [0.25, 0.3) is 0 Å². The zero-order valence-corrected chi connectivity index (χ0v) is 7.44. The van der Waals surface area contributed by atoms with Gasteiger partial charge in [0, 0.05) is 0 Å². The fourth-order valence-electron chi connectivity index (χ4n) is 1.17. The molecule has 0 aliphatic heterocycles. The van der Waals surface area contributed by atoms with Gasteiger partial charge >= 0.3 is 0 Å². The van der Waals surface area contributed by atoms with Crippen molar-refractivity contribution in [3.63, 3.8) is 0 Å². The van der Waals surface area contributed by atoms with E-state index in [1.807, 2.05) is 30.3 Å². The van der Waals surface area contributed by atoms with Crippen LogP contribution in [-0.2, 0) is 11.2 Å². The number of benzene rings is 1. The maximum absolute atomic E-state index is 10.2. The topological polar surface area (TPSA) is 29.1 Å². The van der Waals surface area contributed by atoms with Gasteiger partial charge in [0.15, 0.2) is 0 Å². The van der Waals surface area contributed by atoms with Gasteiger partial charge in [0.1, 0.15) is 0 Å². The van der Waals surface area contributed by atoms with Crippen LogP contribution in [0, 0.1) is 0 Å². The van der Waals surface area contributed by atoms with Crippen molar-refractivity contribution < 1.29 is 4.79 Å². The van der Waals surface area contributed by atoms with Crippen LogP contribution in [0.3, 0.4) is 0 Å². The Morgan fingerprint density at radius 3 is 2.62 bits per heavy atom. The molecule has 1 rings (SSSR count). The molecule has 0 aromatic heterocycles. The third kappa shape index (κ3) is 3.11. The summed E-state index contributed by atoms with van der Waals surface area (Å²) >= 11 is 0. The Hall–Kier alpha value is -1.57. The van der Waals surface area contributed by atoms with Crippen LogP contribution in [0.5, 0.6) is 0 Å². The van der Waals surface area contributed by atoms with Gasteiger partial charge in [-0.1, -0.05) is 36.4 Å². The summed E-state index contributed by atoms with van der Waals surface area (Å²) in [6, 6.07) is 10.0. The predicted octanol–water partition coefficient (Wildman–Crippen LogP) is 1.53. The second kappa shape index (κ2) is 5.14. The van der Waals surface area contributed by atoms with E-state index >= 15 is 0 Å². The van der Waals surface area contributed by atoms with E-state index in [0.717, 1.165) is 6.42 Å². The Labute approximate surface area is 78.3 Å². The Kier molecular flexibility index (Phi) is 3.76. The van der Waals surface area contributed by atoms with Crippen LogP contribution < -0.4 is 5.32 Å². The number of carbonyl (C=O) groups is 1. The van der Waals surface area contributed by atoms with Crippen molar-refractivity contribution in [2.75, 3.05) is 0 Å². The number of rotatable bonds is 5. The van der Waals surface area contributed by atoms with Gasteiger partial charge in [-0.05, 0) is 12.0 Å². The Bertz CT molecular complexity index is 269. The normalized spacial score (nSPS) is 11.7. The minimum atomic E-state index is 0.0277. The van der Waals surface area contributed by atoms with Gasteiger partial charge in [0.05, 0.1) is 6.04 Å². The van der Waals surface area contributed by atoms with E-state index in [0.29, 0.717) is 6.41 Å². The van der Waals surface area contributed by atoms with Gasteiger partial charge < -0.3 is 5.32 Å². The number of hydrogen-bond donors (Lipinski definition) is 1. The Balaban J connectivity index is 2.56. The highest BCUT2D eigenvalue weighted by molar-refractivity contribution is 5.47. The third-order valence-corrected chi connectivity index (χ3v) is 1.87. The number of hydrogen-bond acceptors (Lipinski definition) is 1. The van der Waals surface area contributed by atoms with E-state index in [2.05, 4.69) is 11.9 Å². The summed E-state index contributed by atoms with van der Waals surface area (Å²) in [5, 5.41) is 2.68. The Morgan fingerprint density at radius 2 is 2.08 bits per heavy atom. The molecule has 1 N–H and O–H groups in total. The zero-order chi connectivity index (χ0) is 9.52. The molecule has 1 unspecified atom stereocenters. The van der Waals surface area contributed by atoms with E-state index < -0.39 is 0 Å².